The van der Waals surface area contributed by atoms with E-state index >= 15 is 0 Å². The number of nitrogens with zero attached hydrogens (tertiary/aromatic N) is 3. The smallest absolute Gasteiger partial charge is 0.258 e. The molecule has 1 N–H and O–H groups in total. The number of methoxy groups -OCH3 is 1. The van der Waals surface area contributed by atoms with Gasteiger partial charge in [0.1, 0.15) is 5.75 Å². The molecule has 1 unspecified atom stereocenters. The molecule has 3 heterocycles. The van der Waals surface area contributed by atoms with Crippen molar-refractivity contribution >= 4 is 16.8 Å². The van der Waals surface area contributed by atoms with Gasteiger partial charge < -0.3 is 19.4 Å². The van der Waals surface area contributed by atoms with Gasteiger partial charge >= 0.3 is 0 Å². The van der Waals surface area contributed by atoms with E-state index in [1.807, 2.05) is 70.2 Å². The SMILES string of the molecule is CCCc1c(C(=O)N2CCc3c([nH]c4ccc(OC)cc34)C2COCc2ccccc2)cnn1-c1ccccc1. The Balaban J connectivity index is 1.36. The molecule has 7 nitrogen and oxygen atoms in total. The highest BCUT2D eigenvalue weighted by Crippen LogP contribution is 2.37. The molecule has 0 radical (unpaired) electrons. The first-order chi connectivity index (χ1) is 19.7. The lowest BCUT2D eigenvalue weighted by Gasteiger charge is -2.36. The quantitative estimate of drug-likeness (QED) is 0.242. The van der Waals surface area contributed by atoms with Crippen molar-refractivity contribution in [3.8, 4) is 11.4 Å². The van der Waals surface area contributed by atoms with Crippen LogP contribution in [0.2, 0.25) is 0 Å². The Bertz CT molecular complexity index is 1610. The molecule has 40 heavy (non-hydrogen) atoms. The van der Waals surface area contributed by atoms with E-state index in [9.17, 15) is 4.79 Å². The molecule has 0 aliphatic carbocycles. The van der Waals surface area contributed by atoms with Crippen LogP contribution in [0.1, 0.15) is 52.3 Å². The molecule has 2 aromatic heterocycles. The lowest BCUT2D eigenvalue weighted by atomic mass is 9.96. The Morgan fingerprint density at radius 2 is 1.82 bits per heavy atom. The highest BCUT2D eigenvalue weighted by Gasteiger charge is 2.35. The van der Waals surface area contributed by atoms with Crippen molar-refractivity contribution in [2.75, 3.05) is 20.3 Å². The van der Waals surface area contributed by atoms with Crippen LogP contribution in [0.3, 0.4) is 0 Å². The van der Waals surface area contributed by atoms with E-state index in [1.54, 1.807) is 13.3 Å². The van der Waals surface area contributed by atoms with Gasteiger partial charge in [-0.25, -0.2) is 4.68 Å². The fraction of sp³-hybridized carbons (Fsp3) is 0.273. The fourth-order valence-electron chi connectivity index (χ4n) is 5.73. The minimum absolute atomic E-state index is 0.0131. The zero-order valence-electron chi connectivity index (χ0n) is 23.0. The third-order valence-corrected chi connectivity index (χ3v) is 7.69. The summed E-state index contributed by atoms with van der Waals surface area (Å²) in [7, 11) is 1.68. The van der Waals surface area contributed by atoms with Gasteiger partial charge in [0.05, 0.1) is 49.5 Å². The van der Waals surface area contributed by atoms with Crippen molar-refractivity contribution in [2.45, 2.75) is 38.8 Å². The minimum Gasteiger partial charge on any atom is -0.497 e. The van der Waals surface area contributed by atoms with Gasteiger partial charge in [-0.3, -0.25) is 4.79 Å². The van der Waals surface area contributed by atoms with Crippen LogP contribution in [-0.2, 0) is 24.2 Å². The number of rotatable bonds is 9. The maximum atomic E-state index is 14.3. The Hall–Kier alpha value is -4.36. The van der Waals surface area contributed by atoms with Gasteiger partial charge in [-0.15, -0.1) is 0 Å². The van der Waals surface area contributed by atoms with Crippen molar-refractivity contribution in [1.82, 2.24) is 19.7 Å². The van der Waals surface area contributed by atoms with Crippen LogP contribution >= 0.6 is 0 Å². The number of H-pyrrole nitrogens is 1. The largest absolute Gasteiger partial charge is 0.497 e. The maximum absolute atomic E-state index is 14.3. The van der Waals surface area contributed by atoms with Crippen molar-refractivity contribution in [3.05, 3.63) is 113 Å². The molecule has 1 aliphatic heterocycles. The first kappa shape index (κ1) is 25.9. The Morgan fingerprint density at radius 3 is 2.58 bits per heavy atom. The summed E-state index contributed by atoms with van der Waals surface area (Å²) in [5, 5.41) is 5.80. The number of fused-ring (bicyclic) bond motifs is 3. The molecule has 0 saturated heterocycles. The molecule has 1 aliphatic rings. The molecule has 1 amide bonds. The summed E-state index contributed by atoms with van der Waals surface area (Å²) in [6.45, 7) is 3.59. The Kier molecular flexibility index (Phi) is 7.38. The predicted octanol–water partition coefficient (Wildman–Crippen LogP) is 6.27. The third kappa shape index (κ3) is 4.89. The standard InChI is InChI=1S/C33H34N4O3/c1-3-10-30-28(20-34-37(30)24-13-8-5-9-14-24)33(38)36-18-17-26-27-19-25(39-2)15-16-29(27)35-32(26)31(36)22-40-21-23-11-6-4-7-12-23/h4-9,11-16,19-20,31,35H,3,10,17-18,21-22H2,1-2H3. The zero-order chi connectivity index (χ0) is 27.5. The van der Waals surface area contributed by atoms with E-state index in [2.05, 4.69) is 35.2 Å². The topological polar surface area (TPSA) is 72.4 Å². The lowest BCUT2D eigenvalue weighted by molar-refractivity contribution is 0.0338. The summed E-state index contributed by atoms with van der Waals surface area (Å²) in [4.78, 5) is 19.9. The van der Waals surface area contributed by atoms with Crippen LogP contribution in [0.5, 0.6) is 5.75 Å². The van der Waals surface area contributed by atoms with Crippen LogP contribution in [0.25, 0.3) is 16.6 Å². The normalized spacial score (nSPS) is 14.8. The molecular weight excluding hydrogens is 500 g/mol. The molecular formula is C33H34N4O3. The van der Waals surface area contributed by atoms with Gasteiger partial charge in [0.25, 0.3) is 5.91 Å². The number of aromatic nitrogens is 3. The molecule has 7 heteroatoms. The zero-order valence-corrected chi connectivity index (χ0v) is 23.0. The number of carbonyl (C=O) groups excluding carboxylic acids is 1. The third-order valence-electron chi connectivity index (χ3n) is 7.69. The van der Waals surface area contributed by atoms with Crippen molar-refractivity contribution in [2.24, 2.45) is 0 Å². The minimum atomic E-state index is -0.257. The predicted molar refractivity (Wildman–Crippen MR) is 156 cm³/mol. The fourth-order valence-corrected chi connectivity index (χ4v) is 5.73. The van der Waals surface area contributed by atoms with Gasteiger partial charge in [0, 0.05) is 23.1 Å². The average Bonchev–Trinajstić information content (AvgIpc) is 3.59. The number of para-hydroxylation sites is 1. The van der Waals surface area contributed by atoms with E-state index in [1.165, 1.54) is 5.56 Å². The molecule has 3 aromatic carbocycles. The van der Waals surface area contributed by atoms with Crippen molar-refractivity contribution in [1.29, 1.82) is 0 Å². The molecule has 204 valence electrons. The summed E-state index contributed by atoms with van der Waals surface area (Å²) in [6.07, 6.45) is 4.15. The van der Waals surface area contributed by atoms with Crippen LogP contribution in [0.15, 0.2) is 85.1 Å². The number of hydrogen-bond donors (Lipinski definition) is 1. The summed E-state index contributed by atoms with van der Waals surface area (Å²) in [5.74, 6) is 0.808. The maximum Gasteiger partial charge on any atom is 0.258 e. The second-order valence-corrected chi connectivity index (χ2v) is 10.2. The van der Waals surface area contributed by atoms with Gasteiger partial charge in [-0.1, -0.05) is 61.9 Å². The highest BCUT2D eigenvalue weighted by atomic mass is 16.5. The van der Waals surface area contributed by atoms with Crippen molar-refractivity contribution < 1.29 is 14.3 Å². The number of amides is 1. The molecule has 0 fully saturated rings. The lowest BCUT2D eigenvalue weighted by Crippen LogP contribution is -2.42. The second-order valence-electron chi connectivity index (χ2n) is 10.2. The summed E-state index contributed by atoms with van der Waals surface area (Å²) < 4.78 is 13.7. The van der Waals surface area contributed by atoms with Gasteiger partial charge in [0.15, 0.2) is 0 Å². The number of benzene rings is 3. The van der Waals surface area contributed by atoms with Gasteiger partial charge in [-0.05, 0) is 54.3 Å². The Labute approximate surface area is 234 Å². The molecule has 0 spiro atoms. The van der Waals surface area contributed by atoms with Crippen LogP contribution in [0.4, 0.5) is 0 Å². The first-order valence-electron chi connectivity index (χ1n) is 13.9. The number of nitrogens with one attached hydrogen (secondary N) is 1. The first-order valence-corrected chi connectivity index (χ1v) is 13.9. The Morgan fingerprint density at radius 1 is 1.05 bits per heavy atom. The van der Waals surface area contributed by atoms with E-state index in [-0.39, 0.29) is 11.9 Å². The van der Waals surface area contributed by atoms with Crippen LogP contribution in [-0.4, -0.2) is 45.8 Å². The van der Waals surface area contributed by atoms with E-state index in [0.717, 1.165) is 58.6 Å². The number of hydrogen-bond acceptors (Lipinski definition) is 4. The molecule has 1 atom stereocenters. The van der Waals surface area contributed by atoms with Crippen LogP contribution in [0, 0.1) is 0 Å². The summed E-state index contributed by atoms with van der Waals surface area (Å²) in [6, 6.07) is 26.0. The second kappa shape index (κ2) is 11.4. The number of ether oxygens (including phenoxy) is 2. The molecule has 0 bridgehead atoms. The summed E-state index contributed by atoms with van der Waals surface area (Å²) in [5.41, 5.74) is 6.94. The average molecular weight is 535 g/mol. The molecule has 5 aromatic rings. The number of carbonyl (C=O) groups is 1. The van der Waals surface area contributed by atoms with E-state index < -0.39 is 0 Å². The summed E-state index contributed by atoms with van der Waals surface area (Å²) >= 11 is 0. The molecule has 6 rings (SSSR count). The monoisotopic (exact) mass is 534 g/mol. The number of aromatic amines is 1. The van der Waals surface area contributed by atoms with Crippen molar-refractivity contribution in [3.63, 3.8) is 0 Å². The molecule has 0 saturated carbocycles. The van der Waals surface area contributed by atoms with Gasteiger partial charge in [0.2, 0.25) is 0 Å². The van der Waals surface area contributed by atoms with E-state index in [4.69, 9.17) is 9.47 Å². The van der Waals surface area contributed by atoms with E-state index in [0.29, 0.717) is 25.3 Å². The highest BCUT2D eigenvalue weighted by molar-refractivity contribution is 5.96. The van der Waals surface area contributed by atoms with Crippen LogP contribution < -0.4 is 4.74 Å². The van der Waals surface area contributed by atoms with Gasteiger partial charge in [-0.2, -0.15) is 5.10 Å².